The van der Waals surface area contributed by atoms with Gasteiger partial charge in [-0.3, -0.25) is 9.59 Å². The van der Waals surface area contributed by atoms with Crippen LogP contribution in [0.4, 0.5) is 0 Å². The average Bonchev–Trinajstić information content (AvgIpc) is 2.40. The zero-order valence-electron chi connectivity index (χ0n) is 10.9. The maximum Gasteiger partial charge on any atom is 0.316 e. The second-order valence-corrected chi connectivity index (χ2v) is 4.60. The van der Waals surface area contributed by atoms with E-state index in [1.54, 1.807) is 0 Å². The summed E-state index contributed by atoms with van der Waals surface area (Å²) in [5, 5.41) is 10.1. The monoisotopic (exact) mass is 260 g/mol. The first kappa shape index (κ1) is 13.3. The van der Waals surface area contributed by atoms with E-state index in [0.29, 0.717) is 0 Å². The average molecular weight is 260 g/mol. The van der Waals surface area contributed by atoms with E-state index in [4.69, 9.17) is 0 Å². The third-order valence-corrected chi connectivity index (χ3v) is 3.07. The molecule has 1 unspecified atom stereocenters. The van der Waals surface area contributed by atoms with Crippen molar-refractivity contribution < 1.29 is 5.11 Å². The van der Waals surface area contributed by atoms with Gasteiger partial charge in [0.05, 0.1) is 12.6 Å². The molecule has 0 aliphatic heterocycles. The van der Waals surface area contributed by atoms with Crippen molar-refractivity contribution in [3.05, 3.63) is 68.5 Å². The first-order valence-electron chi connectivity index (χ1n) is 6.00. The van der Waals surface area contributed by atoms with Crippen molar-refractivity contribution in [3.63, 3.8) is 0 Å². The number of aromatic nitrogens is 2. The number of aliphatic hydroxyl groups is 1. The van der Waals surface area contributed by atoms with Gasteiger partial charge >= 0.3 is 11.1 Å². The molecule has 0 spiro atoms. The number of aliphatic hydroxyl groups excluding tert-OH is 1. The Morgan fingerprint density at radius 3 is 2.37 bits per heavy atom. The van der Waals surface area contributed by atoms with Gasteiger partial charge in [0.25, 0.3) is 0 Å². The first-order chi connectivity index (χ1) is 8.99. The summed E-state index contributed by atoms with van der Waals surface area (Å²) in [6.07, 6.45) is 2.19. The van der Waals surface area contributed by atoms with Gasteiger partial charge in [0.15, 0.2) is 0 Å². The fraction of sp³-hybridized carbons (Fsp3) is 0.286. The number of rotatable bonds is 3. The number of hydrogen-bond donors (Lipinski definition) is 1. The molecule has 1 atom stereocenters. The summed E-state index contributed by atoms with van der Waals surface area (Å²) in [5.41, 5.74) is 0.592. The molecule has 0 saturated heterocycles. The van der Waals surface area contributed by atoms with E-state index >= 15 is 0 Å². The second-order valence-electron chi connectivity index (χ2n) is 4.60. The molecule has 0 aliphatic carbocycles. The molecular weight excluding hydrogens is 244 g/mol. The fourth-order valence-corrected chi connectivity index (χ4v) is 1.81. The molecule has 19 heavy (non-hydrogen) atoms. The molecule has 1 aromatic carbocycles. The van der Waals surface area contributed by atoms with Crippen molar-refractivity contribution >= 4 is 0 Å². The minimum Gasteiger partial charge on any atom is -0.387 e. The highest BCUT2D eigenvalue weighted by atomic mass is 16.3. The van der Waals surface area contributed by atoms with Crippen LogP contribution in [0.2, 0.25) is 0 Å². The normalized spacial score (nSPS) is 12.4. The van der Waals surface area contributed by atoms with Crippen LogP contribution in [0.1, 0.15) is 17.2 Å². The third-order valence-electron chi connectivity index (χ3n) is 3.07. The Morgan fingerprint density at radius 1 is 1.11 bits per heavy atom. The van der Waals surface area contributed by atoms with Gasteiger partial charge in [-0.25, -0.2) is 0 Å². The summed E-state index contributed by atoms with van der Waals surface area (Å²) in [5.74, 6) is 0. The predicted molar refractivity (Wildman–Crippen MR) is 72.1 cm³/mol. The second kappa shape index (κ2) is 5.24. The Balaban J connectivity index is 2.27. The lowest BCUT2D eigenvalue weighted by Crippen LogP contribution is -2.40. The topological polar surface area (TPSA) is 64.2 Å². The third kappa shape index (κ3) is 2.82. The van der Waals surface area contributed by atoms with Crippen LogP contribution in [0.5, 0.6) is 0 Å². The zero-order chi connectivity index (χ0) is 14.0. The molecule has 0 saturated carbocycles. The molecule has 1 heterocycles. The quantitative estimate of drug-likeness (QED) is 0.821. The van der Waals surface area contributed by atoms with E-state index < -0.39 is 17.2 Å². The Kier molecular flexibility index (Phi) is 3.66. The van der Waals surface area contributed by atoms with Crippen molar-refractivity contribution in [2.45, 2.75) is 19.6 Å². The molecule has 1 N–H and O–H groups in total. The van der Waals surface area contributed by atoms with Gasteiger partial charge in [-0.05, 0) is 12.5 Å². The van der Waals surface area contributed by atoms with Crippen molar-refractivity contribution in [2.24, 2.45) is 7.05 Å². The largest absolute Gasteiger partial charge is 0.387 e. The van der Waals surface area contributed by atoms with Crippen LogP contribution in [-0.4, -0.2) is 14.2 Å². The van der Waals surface area contributed by atoms with Crippen molar-refractivity contribution in [1.82, 2.24) is 9.13 Å². The van der Waals surface area contributed by atoms with E-state index in [-0.39, 0.29) is 6.54 Å². The number of nitrogens with zero attached hydrogens (tertiary/aromatic N) is 2. The molecule has 100 valence electrons. The lowest BCUT2D eigenvalue weighted by molar-refractivity contribution is 0.154. The van der Waals surface area contributed by atoms with Gasteiger partial charge < -0.3 is 14.2 Å². The minimum absolute atomic E-state index is 0.0674. The Hall–Kier alpha value is -2.14. The zero-order valence-corrected chi connectivity index (χ0v) is 10.9. The summed E-state index contributed by atoms with van der Waals surface area (Å²) in [6, 6.07) is 7.41. The number of benzene rings is 1. The van der Waals surface area contributed by atoms with Crippen LogP contribution >= 0.6 is 0 Å². The van der Waals surface area contributed by atoms with Crippen molar-refractivity contribution in [1.29, 1.82) is 0 Å². The summed E-state index contributed by atoms with van der Waals surface area (Å²) < 4.78 is 2.45. The van der Waals surface area contributed by atoms with Gasteiger partial charge in [0.2, 0.25) is 0 Å². The first-order valence-corrected chi connectivity index (χ1v) is 6.00. The van der Waals surface area contributed by atoms with Crippen molar-refractivity contribution in [3.8, 4) is 0 Å². The van der Waals surface area contributed by atoms with Crippen LogP contribution in [0.25, 0.3) is 0 Å². The lowest BCUT2D eigenvalue weighted by Gasteiger charge is -2.13. The molecule has 5 heteroatoms. The van der Waals surface area contributed by atoms with Crippen LogP contribution in [0, 0.1) is 6.92 Å². The highest BCUT2D eigenvalue weighted by Crippen LogP contribution is 2.14. The van der Waals surface area contributed by atoms with Crippen LogP contribution in [0.3, 0.4) is 0 Å². The number of aryl methyl sites for hydroxylation is 2. The smallest absolute Gasteiger partial charge is 0.316 e. The lowest BCUT2D eigenvalue weighted by atomic mass is 10.1. The molecular formula is C14H16N2O3. The predicted octanol–water partition coefficient (Wildman–Crippen LogP) is 0.589. The van der Waals surface area contributed by atoms with Gasteiger partial charge in [-0.2, -0.15) is 0 Å². The van der Waals surface area contributed by atoms with Crippen molar-refractivity contribution in [2.75, 3.05) is 0 Å². The van der Waals surface area contributed by atoms with E-state index in [1.807, 2.05) is 31.2 Å². The van der Waals surface area contributed by atoms with Crippen LogP contribution in [0.15, 0.2) is 46.2 Å². The highest BCUT2D eigenvalue weighted by Gasteiger charge is 2.10. The Morgan fingerprint density at radius 2 is 1.74 bits per heavy atom. The molecule has 2 rings (SSSR count). The molecule has 0 bridgehead atoms. The summed E-state index contributed by atoms with van der Waals surface area (Å²) >= 11 is 0. The molecule has 1 aromatic heterocycles. The Labute approximate surface area is 110 Å². The van der Waals surface area contributed by atoms with Gasteiger partial charge in [0, 0.05) is 19.4 Å². The maximum absolute atomic E-state index is 11.7. The molecule has 0 aliphatic rings. The summed E-state index contributed by atoms with van der Waals surface area (Å²) in [6.45, 7) is 2.03. The van der Waals surface area contributed by atoms with E-state index in [0.717, 1.165) is 11.1 Å². The number of hydrogen-bond acceptors (Lipinski definition) is 3. The summed E-state index contributed by atoms with van der Waals surface area (Å²) in [7, 11) is 1.52. The van der Waals surface area contributed by atoms with Crippen LogP contribution in [-0.2, 0) is 13.6 Å². The van der Waals surface area contributed by atoms with E-state index in [1.165, 1.54) is 28.6 Å². The fourth-order valence-electron chi connectivity index (χ4n) is 1.81. The van der Waals surface area contributed by atoms with E-state index in [2.05, 4.69) is 0 Å². The Bertz CT molecular complexity index is 683. The van der Waals surface area contributed by atoms with Gasteiger partial charge in [0.1, 0.15) is 0 Å². The minimum atomic E-state index is -0.814. The molecule has 2 aromatic rings. The maximum atomic E-state index is 11.7. The molecule has 0 fully saturated rings. The molecule has 5 nitrogen and oxygen atoms in total. The SMILES string of the molecule is Cc1ccc(C(O)Cn2ccn(C)c(=O)c2=O)cc1. The van der Waals surface area contributed by atoms with Gasteiger partial charge in [-0.15, -0.1) is 0 Å². The highest BCUT2D eigenvalue weighted by molar-refractivity contribution is 5.23. The standard InChI is InChI=1S/C14H16N2O3/c1-10-3-5-11(6-4-10)12(17)9-16-8-7-15(2)13(18)14(16)19/h3-8,12,17H,9H2,1-2H3. The van der Waals surface area contributed by atoms with Crippen LogP contribution < -0.4 is 11.1 Å². The molecule has 0 amide bonds. The van der Waals surface area contributed by atoms with Gasteiger partial charge in [-0.1, -0.05) is 29.8 Å². The summed E-state index contributed by atoms with van der Waals surface area (Å²) in [4.78, 5) is 23.2. The van der Waals surface area contributed by atoms with E-state index in [9.17, 15) is 14.7 Å². The molecule has 0 radical (unpaired) electrons.